The zero-order valence-corrected chi connectivity index (χ0v) is 22.7. The number of carbonyl (C=O) groups excluding carboxylic acids is 3. The Bertz CT molecular complexity index is 1130. The number of hydrogen-bond donors (Lipinski definition) is 1. The molecule has 5 nitrogen and oxygen atoms in total. The molecule has 0 aromatic heterocycles. The highest BCUT2D eigenvalue weighted by Crippen LogP contribution is 2.44. The first-order valence-corrected chi connectivity index (χ1v) is 12.9. The lowest BCUT2D eigenvalue weighted by atomic mass is 9.98. The molecule has 0 saturated carbocycles. The Morgan fingerprint density at radius 3 is 1.89 bits per heavy atom. The molecule has 1 N–H and O–H groups in total. The van der Waals surface area contributed by atoms with Crippen molar-refractivity contribution in [2.45, 2.75) is 58.9 Å². The SMILES string of the molecule is C=O.CC(=O)CC(Cc1ccc(F)cc1)NC(=O)OCC1c2ccccc2-c2ccccc21.CCC(C)C. The van der Waals surface area contributed by atoms with Crippen molar-refractivity contribution in [2.75, 3.05) is 6.61 Å². The Morgan fingerprint density at radius 1 is 0.921 bits per heavy atom. The van der Waals surface area contributed by atoms with Crippen molar-refractivity contribution < 1.29 is 23.5 Å². The predicted octanol–water partition coefficient (Wildman–Crippen LogP) is 7.12. The summed E-state index contributed by atoms with van der Waals surface area (Å²) >= 11 is 0. The highest BCUT2D eigenvalue weighted by atomic mass is 19.1. The lowest BCUT2D eigenvalue weighted by molar-refractivity contribution is -0.117. The molecule has 6 heteroatoms. The van der Waals surface area contributed by atoms with Crippen LogP contribution in [-0.4, -0.2) is 31.3 Å². The second-order valence-electron chi connectivity index (χ2n) is 9.71. The van der Waals surface area contributed by atoms with Crippen molar-refractivity contribution in [3.05, 3.63) is 95.3 Å². The number of benzene rings is 3. The summed E-state index contributed by atoms with van der Waals surface area (Å²) in [6.45, 7) is 10.3. The van der Waals surface area contributed by atoms with Crippen molar-refractivity contribution in [3.8, 4) is 11.1 Å². The van der Waals surface area contributed by atoms with E-state index in [9.17, 15) is 14.0 Å². The molecule has 1 amide bonds. The second kappa shape index (κ2) is 15.5. The molecule has 0 fully saturated rings. The largest absolute Gasteiger partial charge is 0.449 e. The number of hydrogen-bond acceptors (Lipinski definition) is 4. The minimum Gasteiger partial charge on any atom is -0.449 e. The van der Waals surface area contributed by atoms with Gasteiger partial charge in [0.15, 0.2) is 0 Å². The van der Waals surface area contributed by atoms with Crippen LogP contribution >= 0.6 is 0 Å². The van der Waals surface area contributed by atoms with Crippen LogP contribution in [0.1, 0.15) is 63.1 Å². The average molecular weight is 520 g/mol. The number of amides is 1. The van der Waals surface area contributed by atoms with Gasteiger partial charge in [-0.05, 0) is 59.2 Å². The van der Waals surface area contributed by atoms with Crippen LogP contribution in [0.25, 0.3) is 11.1 Å². The molecule has 1 atom stereocenters. The molecule has 3 aromatic rings. The maximum absolute atomic E-state index is 13.2. The molecule has 1 unspecified atom stereocenters. The van der Waals surface area contributed by atoms with E-state index in [0.29, 0.717) is 6.42 Å². The molecule has 202 valence electrons. The third-order valence-corrected chi connectivity index (χ3v) is 6.41. The van der Waals surface area contributed by atoms with Gasteiger partial charge in [-0.15, -0.1) is 0 Å². The molecule has 3 aromatic carbocycles. The number of carbonyl (C=O) groups is 3. The van der Waals surface area contributed by atoms with Crippen LogP contribution in [0, 0.1) is 11.7 Å². The summed E-state index contributed by atoms with van der Waals surface area (Å²) in [6.07, 6.45) is 1.35. The van der Waals surface area contributed by atoms with Crippen LogP contribution in [-0.2, 0) is 20.7 Å². The van der Waals surface area contributed by atoms with Gasteiger partial charge in [-0.3, -0.25) is 4.79 Å². The second-order valence-corrected chi connectivity index (χ2v) is 9.71. The Labute approximate surface area is 225 Å². The zero-order valence-electron chi connectivity index (χ0n) is 22.7. The van der Waals surface area contributed by atoms with E-state index in [2.05, 4.69) is 50.4 Å². The van der Waals surface area contributed by atoms with Crippen LogP contribution in [0.5, 0.6) is 0 Å². The van der Waals surface area contributed by atoms with E-state index in [1.54, 1.807) is 12.1 Å². The molecule has 38 heavy (non-hydrogen) atoms. The molecule has 0 bridgehead atoms. The standard InChI is InChI=1S/C26H24FNO3.C5H12.CH2O/c1-17(29)14-20(15-18-10-12-19(27)13-11-18)28-26(30)31-16-25-23-8-4-2-6-21(23)22-7-3-5-9-24(22)25;1-4-5(2)3;1-2/h2-13,20,25H,14-16H2,1H3,(H,28,30);5H,4H2,1-3H3;1H2. The van der Waals surface area contributed by atoms with Gasteiger partial charge in [-0.2, -0.15) is 0 Å². The Hall–Kier alpha value is -3.80. The minimum atomic E-state index is -0.560. The predicted molar refractivity (Wildman–Crippen MR) is 150 cm³/mol. The summed E-state index contributed by atoms with van der Waals surface area (Å²) in [4.78, 5) is 32.2. The summed E-state index contributed by atoms with van der Waals surface area (Å²) in [6, 6.07) is 21.9. The molecule has 0 saturated heterocycles. The number of ketones is 1. The van der Waals surface area contributed by atoms with E-state index in [4.69, 9.17) is 9.53 Å². The fourth-order valence-corrected chi connectivity index (χ4v) is 4.23. The molecule has 0 heterocycles. The Balaban J connectivity index is 0.000000651. The molecule has 1 aliphatic carbocycles. The van der Waals surface area contributed by atoms with Crippen LogP contribution in [0.15, 0.2) is 72.8 Å². The topological polar surface area (TPSA) is 72.5 Å². The van der Waals surface area contributed by atoms with Gasteiger partial charge in [0.2, 0.25) is 0 Å². The first kappa shape index (κ1) is 30.4. The van der Waals surface area contributed by atoms with Crippen molar-refractivity contribution in [1.29, 1.82) is 0 Å². The van der Waals surface area contributed by atoms with Crippen molar-refractivity contribution in [1.82, 2.24) is 5.32 Å². The number of nitrogens with one attached hydrogen (secondary N) is 1. The van der Waals surface area contributed by atoms with Gasteiger partial charge in [0.05, 0.1) is 0 Å². The third kappa shape index (κ3) is 8.94. The monoisotopic (exact) mass is 519 g/mol. The first-order chi connectivity index (χ1) is 18.3. The summed E-state index contributed by atoms with van der Waals surface area (Å²) in [7, 11) is 0. The molecule has 4 rings (SSSR count). The van der Waals surface area contributed by atoms with E-state index < -0.39 is 12.1 Å². The smallest absolute Gasteiger partial charge is 0.407 e. The summed E-state index contributed by atoms with van der Waals surface area (Å²) in [5, 5.41) is 2.81. The molecular formula is C32H38FNO4. The van der Waals surface area contributed by atoms with Crippen LogP contribution in [0.4, 0.5) is 9.18 Å². The van der Waals surface area contributed by atoms with Gasteiger partial charge in [0.1, 0.15) is 25.0 Å². The van der Waals surface area contributed by atoms with Gasteiger partial charge in [-0.1, -0.05) is 87.9 Å². The zero-order chi connectivity index (χ0) is 28.1. The van der Waals surface area contributed by atoms with Gasteiger partial charge in [0, 0.05) is 18.4 Å². The van der Waals surface area contributed by atoms with Crippen molar-refractivity contribution in [2.24, 2.45) is 5.92 Å². The van der Waals surface area contributed by atoms with Crippen molar-refractivity contribution in [3.63, 3.8) is 0 Å². The van der Waals surface area contributed by atoms with E-state index in [-0.39, 0.29) is 30.5 Å². The highest BCUT2D eigenvalue weighted by molar-refractivity contribution is 5.79. The Morgan fingerprint density at radius 2 is 1.42 bits per heavy atom. The summed E-state index contributed by atoms with van der Waals surface area (Å²) < 4.78 is 18.7. The molecule has 0 radical (unpaired) electrons. The number of ether oxygens (including phenoxy) is 1. The lowest BCUT2D eigenvalue weighted by Crippen LogP contribution is -2.38. The fourth-order valence-electron chi connectivity index (χ4n) is 4.23. The summed E-state index contributed by atoms with van der Waals surface area (Å²) in [5.74, 6) is 0.499. The number of halogens is 1. The number of Topliss-reactive ketones (excluding diaryl/α,β-unsaturated/α-hetero) is 1. The number of rotatable bonds is 8. The normalized spacial score (nSPS) is 12.2. The molecule has 1 aliphatic rings. The van der Waals surface area contributed by atoms with E-state index in [1.807, 2.05) is 31.1 Å². The fraction of sp³-hybridized carbons (Fsp3) is 0.344. The minimum absolute atomic E-state index is 0.0264. The first-order valence-electron chi connectivity index (χ1n) is 12.9. The molecular weight excluding hydrogens is 481 g/mol. The van der Waals surface area contributed by atoms with E-state index >= 15 is 0 Å². The van der Waals surface area contributed by atoms with Gasteiger partial charge < -0.3 is 14.8 Å². The van der Waals surface area contributed by atoms with E-state index in [1.165, 1.54) is 25.5 Å². The molecule has 0 aliphatic heterocycles. The maximum Gasteiger partial charge on any atom is 0.407 e. The number of fused-ring (bicyclic) bond motifs is 3. The van der Waals surface area contributed by atoms with Crippen LogP contribution < -0.4 is 5.32 Å². The maximum atomic E-state index is 13.2. The van der Waals surface area contributed by atoms with Gasteiger partial charge in [-0.25, -0.2) is 9.18 Å². The van der Waals surface area contributed by atoms with E-state index in [0.717, 1.165) is 33.7 Å². The summed E-state index contributed by atoms with van der Waals surface area (Å²) in [5.41, 5.74) is 5.45. The average Bonchev–Trinajstić information content (AvgIpc) is 3.23. The van der Waals surface area contributed by atoms with Crippen molar-refractivity contribution >= 4 is 18.7 Å². The quantitative estimate of drug-likeness (QED) is 0.344. The van der Waals surface area contributed by atoms with Crippen LogP contribution in [0.3, 0.4) is 0 Å². The third-order valence-electron chi connectivity index (χ3n) is 6.41. The lowest BCUT2D eigenvalue weighted by Gasteiger charge is -2.19. The molecule has 0 spiro atoms. The van der Waals surface area contributed by atoms with Crippen LogP contribution in [0.2, 0.25) is 0 Å². The van der Waals surface area contributed by atoms with Gasteiger partial charge in [0.25, 0.3) is 0 Å². The Kier molecular flexibility index (Phi) is 12.4. The highest BCUT2D eigenvalue weighted by Gasteiger charge is 2.29. The number of alkyl carbamates (subject to hydrolysis) is 1. The van der Waals surface area contributed by atoms with Gasteiger partial charge >= 0.3 is 6.09 Å².